The lowest BCUT2D eigenvalue weighted by Gasteiger charge is -2.12. The Bertz CT molecular complexity index is 685. The third kappa shape index (κ3) is 3.76. The number of benzene rings is 1. The van der Waals surface area contributed by atoms with Gasteiger partial charge in [0.2, 0.25) is 0 Å². The van der Waals surface area contributed by atoms with E-state index in [2.05, 4.69) is 43.2 Å². The zero-order chi connectivity index (χ0) is 15.9. The molecule has 0 saturated heterocycles. The Balaban J connectivity index is 2.16. The van der Waals surface area contributed by atoms with Crippen LogP contribution in [0.5, 0.6) is 11.5 Å². The molecule has 0 bridgehead atoms. The molecular weight excluding hydrogens is 352 g/mol. The molecule has 1 aromatic heterocycles. The molecular formula is C13H15BrN6O2. The number of methoxy groups -OCH3 is 1. The van der Waals surface area contributed by atoms with Crippen LogP contribution in [0, 0.1) is 0 Å². The summed E-state index contributed by atoms with van der Waals surface area (Å²) in [4.78, 5) is 0. The number of nitrogens with zero attached hydrogens (tertiary/aromatic N) is 4. The number of halogens is 1. The van der Waals surface area contributed by atoms with Gasteiger partial charge >= 0.3 is 0 Å². The minimum absolute atomic E-state index is 0.327. The number of nitrogens with two attached hydrogens (primary N) is 1. The number of hydrogen-bond donors (Lipinski definition) is 2. The van der Waals surface area contributed by atoms with E-state index < -0.39 is 0 Å². The molecule has 0 spiro atoms. The van der Waals surface area contributed by atoms with Gasteiger partial charge in [0, 0.05) is 0 Å². The number of ether oxygens (including phenoxy) is 2. The Morgan fingerprint density at radius 2 is 2.36 bits per heavy atom. The van der Waals surface area contributed by atoms with Gasteiger partial charge in [-0.3, -0.25) is 0 Å². The molecule has 1 aromatic carbocycles. The van der Waals surface area contributed by atoms with Crippen LogP contribution in [0.4, 0.5) is 5.95 Å². The normalized spacial score (nSPS) is 10.6. The third-order valence-electron chi connectivity index (χ3n) is 2.55. The van der Waals surface area contributed by atoms with Crippen molar-refractivity contribution in [1.82, 2.24) is 14.9 Å². The number of aromatic nitrogens is 3. The maximum absolute atomic E-state index is 5.56. The zero-order valence-electron chi connectivity index (χ0n) is 11.9. The fourth-order valence-corrected chi connectivity index (χ4v) is 2.16. The number of anilines is 1. The second kappa shape index (κ2) is 7.46. The van der Waals surface area contributed by atoms with Gasteiger partial charge in [-0.2, -0.15) is 5.10 Å². The summed E-state index contributed by atoms with van der Waals surface area (Å²) in [6.45, 7) is 4.00. The number of nitrogen functional groups attached to an aromatic ring is 1. The van der Waals surface area contributed by atoms with Crippen LogP contribution in [0.15, 0.2) is 40.7 Å². The highest BCUT2D eigenvalue weighted by molar-refractivity contribution is 9.10. The summed E-state index contributed by atoms with van der Waals surface area (Å²) >= 11 is 3.44. The summed E-state index contributed by atoms with van der Waals surface area (Å²) in [6.07, 6.45) is 4.62. The van der Waals surface area contributed by atoms with Crippen molar-refractivity contribution >= 4 is 28.1 Å². The van der Waals surface area contributed by atoms with E-state index in [1.807, 2.05) is 6.07 Å². The molecule has 9 heteroatoms. The first-order valence-corrected chi connectivity index (χ1v) is 7.00. The number of hydrazone groups is 1. The Hall–Kier alpha value is -2.55. The largest absolute Gasteiger partial charge is 0.493 e. The summed E-state index contributed by atoms with van der Waals surface area (Å²) < 4.78 is 12.8. The van der Waals surface area contributed by atoms with Crippen LogP contribution in [-0.2, 0) is 0 Å². The first kappa shape index (κ1) is 15.8. The first-order chi connectivity index (χ1) is 10.7. The molecule has 0 saturated carbocycles. The summed E-state index contributed by atoms with van der Waals surface area (Å²) in [5.74, 6) is 7.08. The first-order valence-electron chi connectivity index (χ1n) is 6.21. The van der Waals surface area contributed by atoms with E-state index in [0.29, 0.717) is 24.1 Å². The number of rotatable bonds is 7. The van der Waals surface area contributed by atoms with Gasteiger partial charge in [-0.1, -0.05) is 12.7 Å². The van der Waals surface area contributed by atoms with Crippen LogP contribution in [0.2, 0.25) is 0 Å². The molecule has 2 rings (SSSR count). The van der Waals surface area contributed by atoms with Crippen LogP contribution in [0.3, 0.4) is 0 Å². The van der Waals surface area contributed by atoms with Crippen molar-refractivity contribution in [3.8, 4) is 11.5 Å². The third-order valence-corrected chi connectivity index (χ3v) is 3.14. The van der Waals surface area contributed by atoms with E-state index in [9.17, 15) is 0 Å². The fraction of sp³-hybridized carbons (Fsp3) is 0.154. The number of nitrogens with one attached hydrogen (secondary N) is 1. The van der Waals surface area contributed by atoms with Gasteiger partial charge in [0.05, 0.1) is 17.8 Å². The lowest BCUT2D eigenvalue weighted by molar-refractivity contribution is 0.324. The quantitative estimate of drug-likeness (QED) is 0.335. The van der Waals surface area contributed by atoms with Gasteiger partial charge in [-0.25, -0.2) is 10.1 Å². The maximum atomic E-state index is 5.56. The van der Waals surface area contributed by atoms with Crippen LogP contribution in [0.1, 0.15) is 5.56 Å². The molecule has 2 aromatic rings. The zero-order valence-corrected chi connectivity index (χ0v) is 13.4. The monoisotopic (exact) mass is 366 g/mol. The van der Waals surface area contributed by atoms with E-state index in [1.54, 1.807) is 25.5 Å². The molecule has 1 heterocycles. The molecule has 3 N–H and O–H groups in total. The van der Waals surface area contributed by atoms with Crippen molar-refractivity contribution in [3.05, 3.63) is 41.2 Å². The molecule has 0 aliphatic heterocycles. The Labute approximate surface area is 135 Å². The summed E-state index contributed by atoms with van der Waals surface area (Å²) in [7, 11) is 1.57. The Morgan fingerprint density at radius 1 is 1.55 bits per heavy atom. The van der Waals surface area contributed by atoms with Crippen molar-refractivity contribution in [2.24, 2.45) is 5.10 Å². The second-order valence-corrected chi connectivity index (χ2v) is 4.92. The van der Waals surface area contributed by atoms with Gasteiger partial charge in [0.25, 0.3) is 5.95 Å². The van der Waals surface area contributed by atoms with Crippen molar-refractivity contribution < 1.29 is 9.47 Å². The smallest absolute Gasteiger partial charge is 0.263 e. The molecule has 8 nitrogen and oxygen atoms in total. The highest BCUT2D eigenvalue weighted by atomic mass is 79.9. The van der Waals surface area contributed by atoms with Crippen molar-refractivity contribution in [3.63, 3.8) is 0 Å². The predicted molar refractivity (Wildman–Crippen MR) is 87.8 cm³/mol. The molecule has 0 unspecified atom stereocenters. The molecule has 0 aliphatic carbocycles. The fourth-order valence-electron chi connectivity index (χ4n) is 1.58. The van der Waals surface area contributed by atoms with Crippen LogP contribution in [-0.4, -0.2) is 34.8 Å². The van der Waals surface area contributed by atoms with Crippen LogP contribution >= 0.6 is 15.9 Å². The van der Waals surface area contributed by atoms with E-state index in [4.69, 9.17) is 15.3 Å². The van der Waals surface area contributed by atoms with E-state index in [1.165, 1.54) is 11.0 Å². The average molecular weight is 367 g/mol. The Kier molecular flexibility index (Phi) is 5.37. The van der Waals surface area contributed by atoms with Gasteiger partial charge < -0.3 is 15.3 Å². The van der Waals surface area contributed by atoms with Crippen LogP contribution < -0.4 is 20.7 Å². The van der Waals surface area contributed by atoms with Crippen molar-refractivity contribution in [2.45, 2.75) is 0 Å². The molecule has 0 atom stereocenters. The topological polar surface area (TPSA) is 99.6 Å². The average Bonchev–Trinajstić information content (AvgIpc) is 2.91. The summed E-state index contributed by atoms with van der Waals surface area (Å²) in [5, 5.41) is 11.4. The highest BCUT2D eigenvalue weighted by Gasteiger charge is 2.10. The van der Waals surface area contributed by atoms with Gasteiger partial charge in [0.15, 0.2) is 11.5 Å². The van der Waals surface area contributed by atoms with Gasteiger partial charge in [-0.05, 0) is 33.6 Å². The van der Waals surface area contributed by atoms with Crippen LogP contribution in [0.25, 0.3) is 0 Å². The molecule has 0 radical (unpaired) electrons. The molecule has 0 amide bonds. The van der Waals surface area contributed by atoms with Crippen molar-refractivity contribution in [1.29, 1.82) is 0 Å². The SMILES string of the molecule is C=CCOc1c(Br)cc(C=NNc2nncn2N)cc1OC. The second-order valence-electron chi connectivity index (χ2n) is 4.07. The van der Waals surface area contributed by atoms with E-state index in [-0.39, 0.29) is 0 Å². The van der Waals surface area contributed by atoms with Crippen molar-refractivity contribution in [2.75, 3.05) is 25.0 Å². The van der Waals surface area contributed by atoms with Gasteiger partial charge in [0.1, 0.15) is 12.9 Å². The lowest BCUT2D eigenvalue weighted by Crippen LogP contribution is -2.10. The minimum atomic E-state index is 0.327. The Morgan fingerprint density at radius 3 is 3.00 bits per heavy atom. The highest BCUT2D eigenvalue weighted by Crippen LogP contribution is 2.36. The van der Waals surface area contributed by atoms with E-state index in [0.717, 1.165) is 10.0 Å². The molecule has 0 fully saturated rings. The minimum Gasteiger partial charge on any atom is -0.493 e. The maximum Gasteiger partial charge on any atom is 0.263 e. The molecule has 116 valence electrons. The van der Waals surface area contributed by atoms with Gasteiger partial charge in [-0.15, -0.1) is 10.2 Å². The molecule has 22 heavy (non-hydrogen) atoms. The lowest BCUT2D eigenvalue weighted by atomic mass is 10.2. The van der Waals surface area contributed by atoms with E-state index >= 15 is 0 Å². The predicted octanol–water partition coefficient (Wildman–Crippen LogP) is 1.77. The summed E-state index contributed by atoms with van der Waals surface area (Å²) in [6, 6.07) is 3.64. The summed E-state index contributed by atoms with van der Waals surface area (Å²) in [5.41, 5.74) is 3.48. The standard InChI is InChI=1S/C13H15BrN6O2/c1-3-4-22-12-10(14)5-9(6-11(12)21-2)7-16-18-13-19-17-8-20(13)15/h3,5-8H,1,4,15H2,2H3,(H,18,19). The number of hydrogen-bond acceptors (Lipinski definition) is 7. The molecule has 0 aliphatic rings.